The Labute approximate surface area is 130 Å². The minimum Gasteiger partial charge on any atom is -0.372 e. The van der Waals surface area contributed by atoms with E-state index < -0.39 is 0 Å². The molecular weight excluding hydrogens is 284 g/mol. The van der Waals surface area contributed by atoms with E-state index in [4.69, 9.17) is 9.47 Å². The van der Waals surface area contributed by atoms with Crippen molar-refractivity contribution in [1.29, 1.82) is 0 Å². The average molecular weight is 306 g/mol. The molecule has 120 valence electrons. The van der Waals surface area contributed by atoms with Gasteiger partial charge in [-0.05, 0) is 18.9 Å². The summed E-state index contributed by atoms with van der Waals surface area (Å²) in [7, 11) is 1.61. The molecule has 0 radical (unpaired) electrons. The molecule has 1 aromatic heterocycles. The van der Waals surface area contributed by atoms with Crippen molar-refractivity contribution < 1.29 is 14.3 Å². The highest BCUT2D eigenvalue weighted by Crippen LogP contribution is 2.37. The maximum atomic E-state index is 11.2. The highest BCUT2D eigenvalue weighted by molar-refractivity contribution is 5.76. The van der Waals surface area contributed by atoms with Crippen LogP contribution < -0.4 is 10.2 Å². The second-order valence-electron chi connectivity index (χ2n) is 5.84. The van der Waals surface area contributed by atoms with E-state index in [0.717, 1.165) is 38.3 Å². The zero-order chi connectivity index (χ0) is 15.4. The van der Waals surface area contributed by atoms with Crippen LogP contribution in [0.5, 0.6) is 0 Å². The molecule has 1 spiro atoms. The molecule has 2 aliphatic rings. The van der Waals surface area contributed by atoms with Crippen LogP contribution in [0.2, 0.25) is 0 Å². The number of anilines is 1. The van der Waals surface area contributed by atoms with Crippen molar-refractivity contribution in [2.75, 3.05) is 38.3 Å². The lowest BCUT2D eigenvalue weighted by Gasteiger charge is -2.38. The lowest BCUT2D eigenvalue weighted by Crippen LogP contribution is -2.45. The molecule has 0 aliphatic carbocycles. The van der Waals surface area contributed by atoms with Gasteiger partial charge in [0.25, 0.3) is 0 Å². The van der Waals surface area contributed by atoms with Crippen LogP contribution in [-0.4, -0.2) is 60.9 Å². The summed E-state index contributed by atoms with van der Waals surface area (Å²) >= 11 is 0. The maximum absolute atomic E-state index is 11.2. The van der Waals surface area contributed by atoms with Crippen LogP contribution in [0.15, 0.2) is 18.5 Å². The number of likely N-dealkylation sites (N-methyl/N-ethyl adjacent to an activating group) is 1. The van der Waals surface area contributed by atoms with E-state index in [1.165, 1.54) is 0 Å². The number of aromatic nitrogens is 2. The van der Waals surface area contributed by atoms with Gasteiger partial charge in [0.2, 0.25) is 11.9 Å². The Morgan fingerprint density at radius 3 is 2.86 bits per heavy atom. The van der Waals surface area contributed by atoms with Crippen LogP contribution in [0, 0.1) is 0 Å². The highest BCUT2D eigenvalue weighted by Gasteiger charge is 2.43. The molecule has 1 atom stereocenters. The summed E-state index contributed by atoms with van der Waals surface area (Å²) in [5, 5.41) is 2.56. The van der Waals surface area contributed by atoms with Gasteiger partial charge in [-0.15, -0.1) is 0 Å². The fourth-order valence-corrected chi connectivity index (χ4v) is 3.09. The molecule has 2 saturated heterocycles. The molecule has 0 bridgehead atoms. The van der Waals surface area contributed by atoms with Crippen molar-refractivity contribution in [3.8, 4) is 0 Å². The third kappa shape index (κ3) is 3.36. The molecule has 7 nitrogen and oxygen atoms in total. The van der Waals surface area contributed by atoms with Gasteiger partial charge in [0.05, 0.1) is 18.3 Å². The van der Waals surface area contributed by atoms with Gasteiger partial charge in [-0.1, -0.05) is 0 Å². The number of rotatable bonds is 4. The second kappa shape index (κ2) is 6.58. The Bertz CT molecular complexity index is 503. The van der Waals surface area contributed by atoms with E-state index in [-0.39, 0.29) is 24.2 Å². The predicted octanol–water partition coefficient (Wildman–Crippen LogP) is 0.367. The van der Waals surface area contributed by atoms with Crippen LogP contribution >= 0.6 is 0 Å². The van der Waals surface area contributed by atoms with E-state index in [0.29, 0.717) is 6.61 Å². The van der Waals surface area contributed by atoms with Gasteiger partial charge < -0.3 is 19.7 Å². The number of nitrogens with one attached hydrogen (secondary N) is 1. The summed E-state index contributed by atoms with van der Waals surface area (Å²) in [4.78, 5) is 22.0. The third-order valence-corrected chi connectivity index (χ3v) is 4.41. The number of nitrogens with zero attached hydrogens (tertiary/aromatic N) is 3. The lowest BCUT2D eigenvalue weighted by molar-refractivity contribution is -0.127. The molecule has 3 rings (SSSR count). The number of hydrogen-bond acceptors (Lipinski definition) is 6. The third-order valence-electron chi connectivity index (χ3n) is 4.41. The Hall–Kier alpha value is -1.73. The predicted molar refractivity (Wildman–Crippen MR) is 80.6 cm³/mol. The Morgan fingerprint density at radius 1 is 1.45 bits per heavy atom. The second-order valence-corrected chi connectivity index (χ2v) is 5.84. The first-order valence-corrected chi connectivity index (χ1v) is 7.69. The first kappa shape index (κ1) is 15.2. The standard InChI is InChI=1S/C15H22N4O3/c1-16-13(20)11-21-12-9-15(22-10-12)3-7-19(8-4-15)14-17-5-2-6-18-14/h2,5-6,12H,3-4,7-11H2,1H3,(H,16,20)/t12-/m1/s1. The highest BCUT2D eigenvalue weighted by atomic mass is 16.6. The average Bonchev–Trinajstić information content (AvgIpc) is 2.97. The molecule has 1 aromatic rings. The van der Waals surface area contributed by atoms with E-state index in [9.17, 15) is 4.79 Å². The van der Waals surface area contributed by atoms with Gasteiger partial charge in [-0.25, -0.2) is 9.97 Å². The molecule has 0 aromatic carbocycles. The molecule has 3 heterocycles. The van der Waals surface area contributed by atoms with Gasteiger partial charge in [-0.3, -0.25) is 4.79 Å². The molecule has 22 heavy (non-hydrogen) atoms. The molecule has 0 saturated carbocycles. The minimum absolute atomic E-state index is 0.0109. The topological polar surface area (TPSA) is 76.6 Å². The first-order chi connectivity index (χ1) is 10.7. The molecule has 0 unspecified atom stereocenters. The zero-order valence-corrected chi connectivity index (χ0v) is 12.8. The monoisotopic (exact) mass is 306 g/mol. The van der Waals surface area contributed by atoms with Crippen LogP contribution in [-0.2, 0) is 14.3 Å². The van der Waals surface area contributed by atoms with Gasteiger partial charge in [-0.2, -0.15) is 0 Å². The molecule has 7 heteroatoms. The number of ether oxygens (including phenoxy) is 2. The summed E-state index contributed by atoms with van der Waals surface area (Å²) in [6, 6.07) is 1.82. The lowest BCUT2D eigenvalue weighted by atomic mass is 9.88. The van der Waals surface area contributed by atoms with E-state index in [2.05, 4.69) is 20.2 Å². The molecular formula is C15H22N4O3. The molecule has 1 N–H and O–H groups in total. The largest absolute Gasteiger partial charge is 0.372 e. The summed E-state index contributed by atoms with van der Waals surface area (Å²) in [6.45, 7) is 2.43. The number of amides is 1. The summed E-state index contributed by atoms with van der Waals surface area (Å²) in [5.74, 6) is 0.680. The van der Waals surface area contributed by atoms with E-state index >= 15 is 0 Å². The van der Waals surface area contributed by atoms with Crippen molar-refractivity contribution in [3.05, 3.63) is 18.5 Å². The van der Waals surface area contributed by atoms with Crippen LogP contribution in [0.1, 0.15) is 19.3 Å². The van der Waals surface area contributed by atoms with Crippen molar-refractivity contribution >= 4 is 11.9 Å². The summed E-state index contributed by atoms with van der Waals surface area (Å²) in [5.41, 5.74) is -0.112. The molecule has 1 amide bonds. The fraction of sp³-hybridized carbons (Fsp3) is 0.667. The Kier molecular flexibility index (Phi) is 4.54. The Morgan fingerprint density at radius 2 is 2.18 bits per heavy atom. The fourth-order valence-electron chi connectivity index (χ4n) is 3.09. The van der Waals surface area contributed by atoms with Crippen molar-refractivity contribution in [1.82, 2.24) is 15.3 Å². The minimum atomic E-state index is -0.112. The van der Waals surface area contributed by atoms with Crippen LogP contribution in [0.25, 0.3) is 0 Å². The zero-order valence-electron chi connectivity index (χ0n) is 12.8. The maximum Gasteiger partial charge on any atom is 0.245 e. The quantitative estimate of drug-likeness (QED) is 0.866. The number of hydrogen-bond donors (Lipinski definition) is 1. The molecule has 2 aliphatic heterocycles. The number of carbonyl (C=O) groups excluding carboxylic acids is 1. The van der Waals surface area contributed by atoms with Crippen molar-refractivity contribution in [2.24, 2.45) is 0 Å². The smallest absolute Gasteiger partial charge is 0.245 e. The first-order valence-electron chi connectivity index (χ1n) is 7.69. The van der Waals surface area contributed by atoms with Crippen LogP contribution in [0.3, 0.4) is 0 Å². The Balaban J connectivity index is 1.50. The SMILES string of the molecule is CNC(=O)CO[C@H]1COC2(CCN(c3ncccn3)CC2)C1. The number of carbonyl (C=O) groups is 1. The normalized spacial score (nSPS) is 23.7. The number of piperidine rings is 1. The summed E-state index contributed by atoms with van der Waals surface area (Å²) in [6.07, 6.45) is 6.27. The van der Waals surface area contributed by atoms with Gasteiger partial charge in [0.1, 0.15) is 6.61 Å². The van der Waals surface area contributed by atoms with Crippen LogP contribution in [0.4, 0.5) is 5.95 Å². The van der Waals surface area contributed by atoms with Gasteiger partial charge in [0, 0.05) is 39.0 Å². The van der Waals surface area contributed by atoms with E-state index in [1.807, 2.05) is 6.07 Å². The van der Waals surface area contributed by atoms with Crippen molar-refractivity contribution in [3.63, 3.8) is 0 Å². The van der Waals surface area contributed by atoms with Gasteiger partial charge >= 0.3 is 0 Å². The van der Waals surface area contributed by atoms with Crippen molar-refractivity contribution in [2.45, 2.75) is 31.0 Å². The van der Waals surface area contributed by atoms with E-state index in [1.54, 1.807) is 19.4 Å². The van der Waals surface area contributed by atoms with Gasteiger partial charge in [0.15, 0.2) is 0 Å². The molecule has 2 fully saturated rings. The summed E-state index contributed by atoms with van der Waals surface area (Å²) < 4.78 is 11.6.